The summed E-state index contributed by atoms with van der Waals surface area (Å²) >= 11 is 0. The molecule has 5 nitrogen and oxygen atoms in total. The average molecular weight is 170 g/mol. The van der Waals surface area contributed by atoms with Gasteiger partial charge in [-0.1, -0.05) is 6.92 Å². The molecular formula is C7H14N4O. The van der Waals surface area contributed by atoms with Crippen molar-refractivity contribution in [2.75, 3.05) is 18.6 Å². The summed E-state index contributed by atoms with van der Waals surface area (Å²) in [6.07, 6.45) is 0.969. The Hall–Kier alpha value is -1.39. The minimum Gasteiger partial charge on any atom is -0.480 e. The molecule has 12 heavy (non-hydrogen) atoms. The molecule has 1 heterocycles. The SMILES string of the molecule is CCCn1nc(N)c(N)c1OC. The number of nitrogens with zero attached hydrogens (tertiary/aromatic N) is 2. The fourth-order valence-corrected chi connectivity index (χ4v) is 1.06. The fourth-order valence-electron chi connectivity index (χ4n) is 1.06. The first kappa shape index (κ1) is 8.70. The van der Waals surface area contributed by atoms with E-state index >= 15 is 0 Å². The van der Waals surface area contributed by atoms with E-state index in [2.05, 4.69) is 5.10 Å². The predicted molar refractivity (Wildman–Crippen MR) is 47.9 cm³/mol. The zero-order valence-electron chi connectivity index (χ0n) is 7.37. The number of hydrogen-bond donors (Lipinski definition) is 2. The van der Waals surface area contributed by atoms with Crippen LogP contribution in [0, 0.1) is 0 Å². The van der Waals surface area contributed by atoms with Crippen LogP contribution in [-0.4, -0.2) is 16.9 Å². The molecule has 0 fully saturated rings. The highest BCUT2D eigenvalue weighted by Gasteiger charge is 2.12. The molecular weight excluding hydrogens is 156 g/mol. The lowest BCUT2D eigenvalue weighted by molar-refractivity contribution is 0.361. The number of anilines is 2. The minimum absolute atomic E-state index is 0.334. The Labute approximate surface area is 71.3 Å². The summed E-state index contributed by atoms with van der Waals surface area (Å²) in [4.78, 5) is 0. The Morgan fingerprint density at radius 2 is 2.17 bits per heavy atom. The highest BCUT2D eigenvalue weighted by molar-refractivity contribution is 5.65. The van der Waals surface area contributed by atoms with Crippen LogP contribution in [0.1, 0.15) is 13.3 Å². The topological polar surface area (TPSA) is 79.1 Å². The van der Waals surface area contributed by atoms with Crippen LogP contribution in [0.15, 0.2) is 0 Å². The first-order valence-electron chi connectivity index (χ1n) is 3.86. The van der Waals surface area contributed by atoms with Crippen molar-refractivity contribution < 1.29 is 4.74 Å². The van der Waals surface area contributed by atoms with E-state index < -0.39 is 0 Å². The van der Waals surface area contributed by atoms with Gasteiger partial charge >= 0.3 is 0 Å². The molecule has 0 aliphatic rings. The molecule has 0 aliphatic heterocycles. The second kappa shape index (κ2) is 3.34. The highest BCUT2D eigenvalue weighted by atomic mass is 16.5. The van der Waals surface area contributed by atoms with Crippen molar-refractivity contribution in [3.8, 4) is 5.88 Å². The van der Waals surface area contributed by atoms with E-state index in [-0.39, 0.29) is 0 Å². The van der Waals surface area contributed by atoms with Crippen LogP contribution in [0.2, 0.25) is 0 Å². The van der Waals surface area contributed by atoms with Crippen molar-refractivity contribution >= 4 is 11.5 Å². The van der Waals surface area contributed by atoms with Gasteiger partial charge in [0.15, 0.2) is 5.82 Å². The zero-order valence-corrected chi connectivity index (χ0v) is 7.37. The molecule has 4 N–H and O–H groups in total. The molecule has 0 bridgehead atoms. The third kappa shape index (κ3) is 1.30. The molecule has 1 rings (SSSR count). The van der Waals surface area contributed by atoms with Gasteiger partial charge in [-0.3, -0.25) is 0 Å². The largest absolute Gasteiger partial charge is 0.480 e. The van der Waals surface area contributed by atoms with Gasteiger partial charge in [-0.15, -0.1) is 0 Å². The quantitative estimate of drug-likeness (QED) is 0.691. The van der Waals surface area contributed by atoms with Crippen LogP contribution in [-0.2, 0) is 6.54 Å². The minimum atomic E-state index is 0.334. The van der Waals surface area contributed by atoms with Crippen LogP contribution in [0.4, 0.5) is 11.5 Å². The van der Waals surface area contributed by atoms with E-state index in [0.717, 1.165) is 13.0 Å². The number of methoxy groups -OCH3 is 1. The third-order valence-electron chi connectivity index (χ3n) is 1.60. The monoisotopic (exact) mass is 170 g/mol. The molecule has 0 aromatic carbocycles. The first-order chi connectivity index (χ1) is 5.70. The Bertz CT molecular complexity index is 269. The number of aromatic nitrogens is 2. The second-order valence-electron chi connectivity index (χ2n) is 2.53. The Kier molecular flexibility index (Phi) is 2.42. The van der Waals surface area contributed by atoms with Gasteiger partial charge in [0, 0.05) is 6.54 Å². The van der Waals surface area contributed by atoms with Gasteiger partial charge in [-0.05, 0) is 6.42 Å². The van der Waals surface area contributed by atoms with Crippen LogP contribution in [0.3, 0.4) is 0 Å². The van der Waals surface area contributed by atoms with Gasteiger partial charge in [0.05, 0.1) is 7.11 Å². The maximum Gasteiger partial charge on any atom is 0.237 e. The summed E-state index contributed by atoms with van der Waals surface area (Å²) in [5, 5.41) is 4.02. The number of hydrogen-bond acceptors (Lipinski definition) is 4. The molecule has 0 unspecified atom stereocenters. The average Bonchev–Trinajstić information content (AvgIpc) is 2.29. The zero-order chi connectivity index (χ0) is 9.14. The summed E-state index contributed by atoms with van der Waals surface area (Å²) in [5.74, 6) is 0.884. The molecule has 0 spiro atoms. The molecule has 1 aromatic rings. The van der Waals surface area contributed by atoms with Crippen molar-refractivity contribution in [1.29, 1.82) is 0 Å². The Morgan fingerprint density at radius 3 is 2.67 bits per heavy atom. The van der Waals surface area contributed by atoms with Crippen LogP contribution in [0.25, 0.3) is 0 Å². The molecule has 68 valence electrons. The summed E-state index contributed by atoms with van der Waals surface area (Å²) in [5.41, 5.74) is 11.5. The van der Waals surface area contributed by atoms with Crippen molar-refractivity contribution in [1.82, 2.24) is 9.78 Å². The van der Waals surface area contributed by atoms with Crippen LogP contribution < -0.4 is 16.2 Å². The highest BCUT2D eigenvalue weighted by Crippen LogP contribution is 2.26. The lowest BCUT2D eigenvalue weighted by Crippen LogP contribution is -2.02. The van der Waals surface area contributed by atoms with E-state index in [0.29, 0.717) is 17.4 Å². The molecule has 0 aliphatic carbocycles. The molecule has 0 amide bonds. The number of rotatable bonds is 3. The van der Waals surface area contributed by atoms with E-state index in [9.17, 15) is 0 Å². The van der Waals surface area contributed by atoms with Crippen molar-refractivity contribution in [3.05, 3.63) is 0 Å². The van der Waals surface area contributed by atoms with Crippen LogP contribution >= 0.6 is 0 Å². The summed E-state index contributed by atoms with van der Waals surface area (Å²) < 4.78 is 6.72. The van der Waals surface area contributed by atoms with Gasteiger partial charge in [0.1, 0.15) is 5.69 Å². The van der Waals surface area contributed by atoms with Gasteiger partial charge in [0.25, 0.3) is 0 Å². The first-order valence-corrected chi connectivity index (χ1v) is 3.86. The maximum atomic E-state index is 5.61. The molecule has 0 radical (unpaired) electrons. The Balaban J connectivity index is 3.02. The lowest BCUT2D eigenvalue weighted by atomic mass is 10.5. The standard InChI is InChI=1S/C7H14N4O/c1-3-4-11-7(12-2)5(8)6(9)10-11/h3-4,8H2,1-2H3,(H2,9,10). The fraction of sp³-hybridized carbons (Fsp3) is 0.571. The number of aryl methyl sites for hydroxylation is 1. The van der Waals surface area contributed by atoms with Gasteiger partial charge < -0.3 is 16.2 Å². The summed E-state index contributed by atoms with van der Waals surface area (Å²) in [6, 6.07) is 0. The van der Waals surface area contributed by atoms with Crippen molar-refractivity contribution in [2.24, 2.45) is 0 Å². The normalized spacial score (nSPS) is 10.2. The smallest absolute Gasteiger partial charge is 0.237 e. The number of nitrogens with two attached hydrogens (primary N) is 2. The molecule has 0 atom stereocenters. The van der Waals surface area contributed by atoms with E-state index in [1.807, 2.05) is 6.92 Å². The van der Waals surface area contributed by atoms with E-state index in [1.165, 1.54) is 0 Å². The molecule has 1 aromatic heterocycles. The molecule has 0 saturated carbocycles. The van der Waals surface area contributed by atoms with Crippen LogP contribution in [0.5, 0.6) is 5.88 Å². The van der Waals surface area contributed by atoms with Gasteiger partial charge in [-0.25, -0.2) is 4.68 Å². The maximum absolute atomic E-state index is 5.61. The van der Waals surface area contributed by atoms with Gasteiger partial charge in [0.2, 0.25) is 5.88 Å². The van der Waals surface area contributed by atoms with E-state index in [1.54, 1.807) is 11.8 Å². The molecule has 0 saturated heterocycles. The summed E-state index contributed by atoms with van der Waals surface area (Å²) in [6.45, 7) is 2.82. The van der Waals surface area contributed by atoms with Gasteiger partial charge in [-0.2, -0.15) is 5.10 Å². The lowest BCUT2D eigenvalue weighted by Gasteiger charge is -2.03. The Morgan fingerprint density at radius 1 is 1.50 bits per heavy atom. The second-order valence-corrected chi connectivity index (χ2v) is 2.53. The molecule has 5 heteroatoms. The predicted octanol–water partition coefficient (Wildman–Crippen LogP) is 0.466. The van der Waals surface area contributed by atoms with Crippen molar-refractivity contribution in [2.45, 2.75) is 19.9 Å². The number of nitrogen functional groups attached to an aromatic ring is 2. The third-order valence-corrected chi connectivity index (χ3v) is 1.60. The summed E-state index contributed by atoms with van der Waals surface area (Å²) in [7, 11) is 1.55. The van der Waals surface area contributed by atoms with E-state index in [4.69, 9.17) is 16.2 Å². The number of ether oxygens (including phenoxy) is 1. The van der Waals surface area contributed by atoms with Crippen molar-refractivity contribution in [3.63, 3.8) is 0 Å².